The minimum Gasteiger partial charge on any atom is -0.439 e. The smallest absolute Gasteiger partial charge is 0.224 e. The lowest BCUT2D eigenvalue weighted by Crippen LogP contribution is -1.94. The van der Waals surface area contributed by atoms with E-state index >= 15 is 0 Å². The predicted molar refractivity (Wildman–Crippen MR) is 70.0 cm³/mol. The Morgan fingerprint density at radius 1 is 1.28 bits per heavy atom. The molecule has 18 heavy (non-hydrogen) atoms. The standard InChI is InChI=1S/C12H10ClFN2OS/c1-7-5-8(14)3-4-9(7)17-11-6-10(13)15-12(16-11)18-2/h3-6H,1-2H3. The molecule has 0 saturated carbocycles. The normalized spacial score (nSPS) is 10.4. The van der Waals surface area contributed by atoms with Gasteiger partial charge in [0.2, 0.25) is 5.88 Å². The second kappa shape index (κ2) is 5.54. The molecule has 0 unspecified atom stereocenters. The highest BCUT2D eigenvalue weighted by Gasteiger charge is 2.07. The zero-order valence-electron chi connectivity index (χ0n) is 9.78. The first-order chi connectivity index (χ1) is 8.58. The van der Waals surface area contributed by atoms with E-state index in [0.717, 1.165) is 0 Å². The summed E-state index contributed by atoms with van der Waals surface area (Å²) in [6, 6.07) is 5.80. The maximum Gasteiger partial charge on any atom is 0.224 e. The second-order valence-corrected chi connectivity index (χ2v) is 4.69. The number of halogens is 2. The molecule has 0 atom stereocenters. The molecule has 2 rings (SSSR count). The molecule has 0 saturated heterocycles. The van der Waals surface area contributed by atoms with Crippen molar-refractivity contribution in [3.63, 3.8) is 0 Å². The lowest BCUT2D eigenvalue weighted by Gasteiger charge is -2.08. The van der Waals surface area contributed by atoms with Crippen molar-refractivity contribution in [1.29, 1.82) is 0 Å². The lowest BCUT2D eigenvalue weighted by atomic mass is 10.2. The van der Waals surface area contributed by atoms with E-state index in [2.05, 4.69) is 9.97 Å². The average molecular weight is 285 g/mol. The molecular weight excluding hydrogens is 275 g/mol. The molecule has 0 spiro atoms. The van der Waals surface area contributed by atoms with Crippen LogP contribution in [0.3, 0.4) is 0 Å². The van der Waals surface area contributed by atoms with E-state index < -0.39 is 0 Å². The zero-order chi connectivity index (χ0) is 13.1. The topological polar surface area (TPSA) is 35.0 Å². The van der Waals surface area contributed by atoms with Crippen molar-refractivity contribution < 1.29 is 9.13 Å². The van der Waals surface area contributed by atoms with E-state index in [0.29, 0.717) is 27.5 Å². The molecule has 1 heterocycles. The number of rotatable bonds is 3. The monoisotopic (exact) mass is 284 g/mol. The van der Waals surface area contributed by atoms with E-state index in [9.17, 15) is 4.39 Å². The quantitative estimate of drug-likeness (QED) is 0.483. The molecule has 0 aliphatic rings. The summed E-state index contributed by atoms with van der Waals surface area (Å²) in [5.41, 5.74) is 0.690. The van der Waals surface area contributed by atoms with Gasteiger partial charge in [-0.05, 0) is 36.9 Å². The summed E-state index contributed by atoms with van der Waals surface area (Å²) in [5, 5.41) is 0.835. The van der Waals surface area contributed by atoms with Crippen molar-refractivity contribution in [3.8, 4) is 11.6 Å². The molecule has 0 bridgehead atoms. The fourth-order valence-electron chi connectivity index (χ4n) is 1.36. The van der Waals surface area contributed by atoms with E-state index in [1.54, 1.807) is 13.0 Å². The van der Waals surface area contributed by atoms with Crippen molar-refractivity contribution in [2.75, 3.05) is 6.26 Å². The van der Waals surface area contributed by atoms with Gasteiger partial charge < -0.3 is 4.74 Å². The molecule has 1 aromatic carbocycles. The zero-order valence-corrected chi connectivity index (χ0v) is 11.3. The average Bonchev–Trinajstić information content (AvgIpc) is 2.32. The van der Waals surface area contributed by atoms with Crippen LogP contribution >= 0.6 is 23.4 Å². The largest absolute Gasteiger partial charge is 0.439 e. The summed E-state index contributed by atoms with van der Waals surface area (Å²) >= 11 is 7.22. The SMILES string of the molecule is CSc1nc(Cl)cc(Oc2ccc(F)cc2C)n1. The molecule has 0 radical (unpaired) electrons. The third-order valence-corrected chi connectivity index (χ3v) is 2.93. The first kappa shape index (κ1) is 13.1. The number of thioether (sulfide) groups is 1. The summed E-state index contributed by atoms with van der Waals surface area (Å²) in [6.45, 7) is 1.76. The van der Waals surface area contributed by atoms with Gasteiger partial charge in [-0.3, -0.25) is 0 Å². The summed E-state index contributed by atoms with van der Waals surface area (Å²) < 4.78 is 18.5. The van der Waals surface area contributed by atoms with Gasteiger partial charge in [0.15, 0.2) is 5.16 Å². The van der Waals surface area contributed by atoms with E-state index in [-0.39, 0.29) is 5.82 Å². The Morgan fingerprint density at radius 3 is 2.72 bits per heavy atom. The minimum atomic E-state index is -0.301. The molecular formula is C12H10ClFN2OS. The number of benzene rings is 1. The molecule has 0 aliphatic carbocycles. The third kappa shape index (κ3) is 3.11. The van der Waals surface area contributed by atoms with E-state index in [1.807, 2.05) is 6.26 Å². The minimum absolute atomic E-state index is 0.301. The van der Waals surface area contributed by atoms with Gasteiger partial charge in [0, 0.05) is 6.07 Å². The Bertz CT molecular complexity index is 580. The number of aromatic nitrogens is 2. The van der Waals surface area contributed by atoms with Gasteiger partial charge in [0.1, 0.15) is 16.7 Å². The van der Waals surface area contributed by atoms with Gasteiger partial charge in [0.25, 0.3) is 0 Å². The maximum absolute atomic E-state index is 13.0. The summed E-state index contributed by atoms with van der Waals surface area (Å²) in [4.78, 5) is 8.17. The summed E-state index contributed by atoms with van der Waals surface area (Å²) in [5.74, 6) is 0.581. The third-order valence-electron chi connectivity index (χ3n) is 2.18. The van der Waals surface area contributed by atoms with E-state index in [1.165, 1.54) is 30.0 Å². The highest BCUT2D eigenvalue weighted by molar-refractivity contribution is 7.98. The van der Waals surface area contributed by atoms with Gasteiger partial charge >= 0.3 is 0 Å². The number of nitrogens with zero attached hydrogens (tertiary/aromatic N) is 2. The van der Waals surface area contributed by atoms with Crippen molar-refractivity contribution in [1.82, 2.24) is 9.97 Å². The summed E-state index contributed by atoms with van der Waals surface area (Å²) in [7, 11) is 0. The van der Waals surface area contributed by atoms with Crippen LogP contribution in [0.15, 0.2) is 29.4 Å². The van der Waals surface area contributed by atoms with Crippen LogP contribution in [0, 0.1) is 12.7 Å². The van der Waals surface area contributed by atoms with Crippen LogP contribution < -0.4 is 4.74 Å². The Kier molecular flexibility index (Phi) is 4.04. The van der Waals surface area contributed by atoms with Gasteiger partial charge in [-0.15, -0.1) is 0 Å². The number of hydrogen-bond donors (Lipinski definition) is 0. The van der Waals surface area contributed by atoms with Crippen LogP contribution in [0.5, 0.6) is 11.6 Å². The molecule has 6 heteroatoms. The fourth-order valence-corrected chi connectivity index (χ4v) is 1.96. The Hall–Kier alpha value is -1.33. The molecule has 0 amide bonds. The van der Waals surface area contributed by atoms with Crippen molar-refractivity contribution in [3.05, 3.63) is 40.8 Å². The van der Waals surface area contributed by atoms with Crippen molar-refractivity contribution >= 4 is 23.4 Å². The van der Waals surface area contributed by atoms with E-state index in [4.69, 9.17) is 16.3 Å². The van der Waals surface area contributed by atoms with Gasteiger partial charge in [0.05, 0.1) is 0 Å². The lowest BCUT2D eigenvalue weighted by molar-refractivity contribution is 0.450. The fraction of sp³-hybridized carbons (Fsp3) is 0.167. The highest BCUT2D eigenvalue weighted by atomic mass is 35.5. The molecule has 2 aromatic rings. The molecule has 0 N–H and O–H groups in total. The van der Waals surface area contributed by atoms with Crippen LogP contribution in [0.25, 0.3) is 0 Å². The molecule has 0 fully saturated rings. The molecule has 3 nitrogen and oxygen atoms in total. The van der Waals surface area contributed by atoms with Crippen LogP contribution in [-0.4, -0.2) is 16.2 Å². The van der Waals surface area contributed by atoms with Crippen LogP contribution in [0.4, 0.5) is 4.39 Å². The maximum atomic E-state index is 13.0. The molecule has 1 aromatic heterocycles. The van der Waals surface area contributed by atoms with Crippen LogP contribution in [0.1, 0.15) is 5.56 Å². The second-order valence-electron chi connectivity index (χ2n) is 3.53. The van der Waals surface area contributed by atoms with Crippen molar-refractivity contribution in [2.45, 2.75) is 12.1 Å². The Morgan fingerprint density at radius 2 is 2.06 bits per heavy atom. The number of aryl methyl sites for hydroxylation is 1. The van der Waals surface area contributed by atoms with Gasteiger partial charge in [-0.1, -0.05) is 23.4 Å². The van der Waals surface area contributed by atoms with Crippen LogP contribution in [-0.2, 0) is 0 Å². The highest BCUT2D eigenvalue weighted by Crippen LogP contribution is 2.26. The Labute approximate surface area is 113 Å². The summed E-state index contributed by atoms with van der Waals surface area (Å²) in [6.07, 6.45) is 1.85. The van der Waals surface area contributed by atoms with Crippen LogP contribution in [0.2, 0.25) is 5.15 Å². The molecule has 94 valence electrons. The number of ether oxygens (including phenoxy) is 1. The Balaban J connectivity index is 2.30. The predicted octanol–water partition coefficient (Wildman–Crippen LogP) is 4.09. The number of hydrogen-bond acceptors (Lipinski definition) is 4. The van der Waals surface area contributed by atoms with Gasteiger partial charge in [-0.25, -0.2) is 9.37 Å². The van der Waals surface area contributed by atoms with Gasteiger partial charge in [-0.2, -0.15) is 4.98 Å². The first-order valence-corrected chi connectivity index (χ1v) is 6.71. The molecule has 0 aliphatic heterocycles. The van der Waals surface area contributed by atoms with Crippen molar-refractivity contribution in [2.24, 2.45) is 0 Å². The first-order valence-electron chi connectivity index (χ1n) is 5.11.